The van der Waals surface area contributed by atoms with Crippen molar-refractivity contribution >= 4 is 11.8 Å². The molecule has 0 unspecified atom stereocenters. The number of amides is 2. The van der Waals surface area contributed by atoms with Gasteiger partial charge in [0.15, 0.2) is 0 Å². The molecule has 2 heterocycles. The number of hydrazine groups is 1. The van der Waals surface area contributed by atoms with Crippen LogP contribution in [-0.2, 0) is 11.2 Å². The SMILES string of the molecule is Cc1nn(-c2ccc(F)cc2)c(C)c1CC(=O)NNC(=O)c1ccoc1C. The van der Waals surface area contributed by atoms with Crippen LogP contribution >= 0.6 is 0 Å². The lowest BCUT2D eigenvalue weighted by atomic mass is 10.1. The zero-order chi connectivity index (χ0) is 19.6. The number of benzene rings is 1. The summed E-state index contributed by atoms with van der Waals surface area (Å²) in [4.78, 5) is 24.2. The lowest BCUT2D eigenvalue weighted by Gasteiger charge is -2.08. The number of carbonyl (C=O) groups excluding carboxylic acids is 2. The van der Waals surface area contributed by atoms with Gasteiger partial charge in [0.1, 0.15) is 11.6 Å². The van der Waals surface area contributed by atoms with Gasteiger partial charge in [-0.2, -0.15) is 5.10 Å². The van der Waals surface area contributed by atoms with Gasteiger partial charge in [0.05, 0.1) is 29.6 Å². The number of nitrogens with zero attached hydrogens (tertiary/aromatic N) is 2. The second-order valence-electron chi connectivity index (χ2n) is 6.11. The molecule has 0 aliphatic carbocycles. The second-order valence-corrected chi connectivity index (χ2v) is 6.11. The fourth-order valence-electron chi connectivity index (χ4n) is 2.78. The minimum Gasteiger partial charge on any atom is -0.469 e. The number of aryl methyl sites for hydroxylation is 2. The van der Waals surface area contributed by atoms with Gasteiger partial charge in [-0.25, -0.2) is 9.07 Å². The lowest BCUT2D eigenvalue weighted by Crippen LogP contribution is -2.42. The normalized spacial score (nSPS) is 10.7. The summed E-state index contributed by atoms with van der Waals surface area (Å²) in [5.74, 6) is -0.697. The molecule has 8 heteroatoms. The number of halogens is 1. The highest BCUT2D eigenvalue weighted by Gasteiger charge is 2.17. The largest absolute Gasteiger partial charge is 0.469 e. The van der Waals surface area contributed by atoms with Crippen LogP contribution in [0.25, 0.3) is 5.69 Å². The van der Waals surface area contributed by atoms with E-state index >= 15 is 0 Å². The summed E-state index contributed by atoms with van der Waals surface area (Å²) in [6.45, 7) is 5.29. The first-order chi connectivity index (χ1) is 12.9. The van der Waals surface area contributed by atoms with E-state index in [0.717, 1.165) is 11.3 Å². The highest BCUT2D eigenvalue weighted by Crippen LogP contribution is 2.18. The maximum atomic E-state index is 13.1. The van der Waals surface area contributed by atoms with E-state index in [0.29, 0.717) is 22.7 Å². The van der Waals surface area contributed by atoms with Gasteiger partial charge in [0.2, 0.25) is 5.91 Å². The number of furan rings is 1. The quantitative estimate of drug-likeness (QED) is 0.691. The number of hydrogen-bond acceptors (Lipinski definition) is 4. The molecule has 0 aliphatic heterocycles. The van der Waals surface area contributed by atoms with Gasteiger partial charge in [0, 0.05) is 11.3 Å². The predicted octanol–water partition coefficient (Wildman–Crippen LogP) is 2.53. The number of hydrogen-bond donors (Lipinski definition) is 2. The molecule has 0 bridgehead atoms. The molecule has 1 aromatic carbocycles. The van der Waals surface area contributed by atoms with E-state index in [-0.39, 0.29) is 18.1 Å². The summed E-state index contributed by atoms with van der Waals surface area (Å²) in [6.07, 6.45) is 1.45. The first-order valence-electron chi connectivity index (χ1n) is 8.31. The fourth-order valence-corrected chi connectivity index (χ4v) is 2.78. The molecule has 0 radical (unpaired) electrons. The zero-order valence-electron chi connectivity index (χ0n) is 15.2. The van der Waals surface area contributed by atoms with Crippen LogP contribution in [0.15, 0.2) is 41.0 Å². The third kappa shape index (κ3) is 3.89. The summed E-state index contributed by atoms with van der Waals surface area (Å²) in [7, 11) is 0. The first-order valence-corrected chi connectivity index (χ1v) is 8.31. The van der Waals surface area contributed by atoms with E-state index in [1.807, 2.05) is 6.92 Å². The Morgan fingerprint density at radius 1 is 1.11 bits per heavy atom. The van der Waals surface area contributed by atoms with Gasteiger partial charge in [0.25, 0.3) is 5.91 Å². The summed E-state index contributed by atoms with van der Waals surface area (Å²) in [5, 5.41) is 4.43. The Hall–Kier alpha value is -3.42. The molecule has 2 amide bonds. The van der Waals surface area contributed by atoms with Crippen molar-refractivity contribution in [1.29, 1.82) is 0 Å². The highest BCUT2D eigenvalue weighted by molar-refractivity contribution is 5.96. The lowest BCUT2D eigenvalue weighted by molar-refractivity contribution is -0.121. The van der Waals surface area contributed by atoms with Crippen LogP contribution in [0.3, 0.4) is 0 Å². The average Bonchev–Trinajstić information content (AvgIpc) is 3.19. The molecule has 2 N–H and O–H groups in total. The molecule has 0 spiro atoms. The topological polar surface area (TPSA) is 89.2 Å². The van der Waals surface area contributed by atoms with Crippen molar-refractivity contribution in [2.24, 2.45) is 0 Å². The van der Waals surface area contributed by atoms with Gasteiger partial charge in [-0.05, 0) is 51.1 Å². The molecular formula is C19H19FN4O3. The fraction of sp³-hybridized carbons (Fsp3) is 0.211. The predicted molar refractivity (Wildman–Crippen MR) is 95.8 cm³/mol. The van der Waals surface area contributed by atoms with E-state index in [1.54, 1.807) is 30.7 Å². The van der Waals surface area contributed by atoms with Crippen LogP contribution in [0, 0.1) is 26.6 Å². The number of carbonyl (C=O) groups is 2. The summed E-state index contributed by atoms with van der Waals surface area (Å²) in [6, 6.07) is 7.47. The molecule has 0 saturated carbocycles. The van der Waals surface area contributed by atoms with E-state index in [1.165, 1.54) is 24.5 Å². The number of nitrogens with one attached hydrogen (secondary N) is 2. The van der Waals surface area contributed by atoms with Crippen molar-refractivity contribution in [3.8, 4) is 5.69 Å². The van der Waals surface area contributed by atoms with Crippen LogP contribution in [0.1, 0.15) is 33.1 Å². The van der Waals surface area contributed by atoms with Crippen LogP contribution in [0.5, 0.6) is 0 Å². The van der Waals surface area contributed by atoms with Crippen LogP contribution < -0.4 is 10.9 Å². The average molecular weight is 370 g/mol. The molecule has 0 atom stereocenters. The summed E-state index contributed by atoms with van der Waals surface area (Å²) >= 11 is 0. The highest BCUT2D eigenvalue weighted by atomic mass is 19.1. The number of aromatic nitrogens is 2. The Bertz CT molecular complexity index is 989. The Morgan fingerprint density at radius 2 is 1.81 bits per heavy atom. The zero-order valence-corrected chi connectivity index (χ0v) is 15.2. The molecule has 140 valence electrons. The minimum atomic E-state index is -0.454. The monoisotopic (exact) mass is 370 g/mol. The van der Waals surface area contributed by atoms with Gasteiger partial charge in [-0.1, -0.05) is 0 Å². The maximum Gasteiger partial charge on any atom is 0.273 e. The van der Waals surface area contributed by atoms with Crippen molar-refractivity contribution in [1.82, 2.24) is 20.6 Å². The van der Waals surface area contributed by atoms with Crippen LogP contribution in [0.4, 0.5) is 4.39 Å². The van der Waals surface area contributed by atoms with Crippen molar-refractivity contribution in [2.45, 2.75) is 27.2 Å². The van der Waals surface area contributed by atoms with E-state index in [2.05, 4.69) is 16.0 Å². The minimum absolute atomic E-state index is 0.0451. The van der Waals surface area contributed by atoms with Gasteiger partial charge in [-0.15, -0.1) is 0 Å². The summed E-state index contributed by atoms with van der Waals surface area (Å²) in [5.41, 5.74) is 8.00. The van der Waals surface area contributed by atoms with Crippen molar-refractivity contribution < 1.29 is 18.4 Å². The van der Waals surface area contributed by atoms with Gasteiger partial charge in [-0.3, -0.25) is 20.4 Å². The van der Waals surface area contributed by atoms with Gasteiger partial charge >= 0.3 is 0 Å². The second kappa shape index (κ2) is 7.45. The van der Waals surface area contributed by atoms with E-state index in [4.69, 9.17) is 4.42 Å². The smallest absolute Gasteiger partial charge is 0.273 e. The van der Waals surface area contributed by atoms with Crippen LogP contribution in [-0.4, -0.2) is 21.6 Å². The van der Waals surface area contributed by atoms with Crippen LogP contribution in [0.2, 0.25) is 0 Å². The van der Waals surface area contributed by atoms with E-state index < -0.39 is 5.91 Å². The third-order valence-electron chi connectivity index (χ3n) is 4.27. The van der Waals surface area contributed by atoms with Gasteiger partial charge < -0.3 is 4.42 Å². The Labute approximate surface area is 155 Å². The molecule has 3 aromatic rings. The molecule has 0 fully saturated rings. The van der Waals surface area contributed by atoms with Crippen molar-refractivity contribution in [3.05, 3.63) is 70.7 Å². The Balaban J connectivity index is 1.68. The van der Waals surface area contributed by atoms with Crippen molar-refractivity contribution in [2.75, 3.05) is 0 Å². The maximum absolute atomic E-state index is 13.1. The molecule has 0 aliphatic rings. The molecule has 3 rings (SSSR count). The third-order valence-corrected chi connectivity index (χ3v) is 4.27. The molecule has 0 saturated heterocycles. The Morgan fingerprint density at radius 3 is 2.44 bits per heavy atom. The molecule has 7 nitrogen and oxygen atoms in total. The first kappa shape index (κ1) is 18.4. The summed E-state index contributed by atoms with van der Waals surface area (Å²) < 4.78 is 19.8. The standard InChI is InChI=1S/C19H19FN4O3/c1-11-17(12(2)24(23-11)15-6-4-14(20)5-7-15)10-18(25)21-22-19(26)16-8-9-27-13(16)3/h4-9H,10H2,1-3H3,(H,21,25)(H,22,26). The molecular weight excluding hydrogens is 351 g/mol. The molecule has 27 heavy (non-hydrogen) atoms. The Kier molecular flexibility index (Phi) is 5.07. The van der Waals surface area contributed by atoms with E-state index in [9.17, 15) is 14.0 Å². The molecule has 2 aromatic heterocycles. The number of rotatable bonds is 4. The van der Waals surface area contributed by atoms with Crippen molar-refractivity contribution in [3.63, 3.8) is 0 Å².